The summed E-state index contributed by atoms with van der Waals surface area (Å²) in [4.78, 5) is 5.67. The van der Waals surface area contributed by atoms with E-state index in [1.165, 1.54) is 16.5 Å². The average Bonchev–Trinajstić information content (AvgIpc) is 2.60. The standard InChI is InChI=1S/C12H15N3/c13-10-7-15(8-10)6-9-5-14-12-4-2-1-3-11(9)12/h1-5,10,14H,6-8,13H2. The molecule has 1 saturated heterocycles. The summed E-state index contributed by atoms with van der Waals surface area (Å²) in [5.74, 6) is 0. The lowest BCUT2D eigenvalue weighted by atomic mass is 10.1. The zero-order valence-electron chi connectivity index (χ0n) is 8.61. The molecule has 1 aromatic carbocycles. The van der Waals surface area contributed by atoms with E-state index in [2.05, 4.69) is 40.3 Å². The fourth-order valence-corrected chi connectivity index (χ4v) is 2.24. The van der Waals surface area contributed by atoms with Crippen molar-refractivity contribution in [2.45, 2.75) is 12.6 Å². The number of benzene rings is 1. The van der Waals surface area contributed by atoms with Crippen LogP contribution in [0.25, 0.3) is 10.9 Å². The number of hydrogen-bond donors (Lipinski definition) is 2. The van der Waals surface area contributed by atoms with Crippen LogP contribution in [-0.2, 0) is 6.54 Å². The molecular formula is C12H15N3. The van der Waals surface area contributed by atoms with Gasteiger partial charge in [-0.1, -0.05) is 18.2 Å². The maximum Gasteiger partial charge on any atom is 0.0457 e. The van der Waals surface area contributed by atoms with Crippen molar-refractivity contribution in [3.63, 3.8) is 0 Å². The van der Waals surface area contributed by atoms with Crippen molar-refractivity contribution in [3.8, 4) is 0 Å². The number of nitrogens with zero attached hydrogens (tertiary/aromatic N) is 1. The van der Waals surface area contributed by atoms with Gasteiger partial charge in [-0.15, -0.1) is 0 Å². The van der Waals surface area contributed by atoms with E-state index in [9.17, 15) is 0 Å². The highest BCUT2D eigenvalue weighted by Gasteiger charge is 2.23. The monoisotopic (exact) mass is 201 g/mol. The van der Waals surface area contributed by atoms with Gasteiger partial charge in [0.15, 0.2) is 0 Å². The van der Waals surface area contributed by atoms with Crippen LogP contribution in [0.4, 0.5) is 0 Å². The zero-order valence-corrected chi connectivity index (χ0v) is 8.61. The van der Waals surface area contributed by atoms with Crippen LogP contribution in [0.2, 0.25) is 0 Å². The highest BCUT2D eigenvalue weighted by atomic mass is 15.2. The molecule has 3 rings (SSSR count). The largest absolute Gasteiger partial charge is 0.361 e. The van der Waals surface area contributed by atoms with Gasteiger partial charge in [0.2, 0.25) is 0 Å². The fraction of sp³-hybridized carbons (Fsp3) is 0.333. The Morgan fingerprint density at radius 1 is 1.33 bits per heavy atom. The number of aromatic amines is 1. The van der Waals surface area contributed by atoms with Crippen molar-refractivity contribution in [1.82, 2.24) is 9.88 Å². The van der Waals surface area contributed by atoms with Crippen molar-refractivity contribution < 1.29 is 0 Å². The first-order chi connectivity index (χ1) is 7.33. The van der Waals surface area contributed by atoms with Crippen LogP contribution in [0.3, 0.4) is 0 Å². The average molecular weight is 201 g/mol. The van der Waals surface area contributed by atoms with Gasteiger partial charge in [-0.3, -0.25) is 4.90 Å². The second kappa shape index (κ2) is 3.36. The van der Waals surface area contributed by atoms with E-state index in [0.29, 0.717) is 6.04 Å². The number of nitrogens with one attached hydrogen (secondary N) is 1. The molecule has 1 aliphatic rings. The maximum atomic E-state index is 5.76. The topological polar surface area (TPSA) is 45.0 Å². The lowest BCUT2D eigenvalue weighted by molar-refractivity contribution is 0.143. The Hall–Kier alpha value is -1.32. The van der Waals surface area contributed by atoms with E-state index in [-0.39, 0.29) is 0 Å². The number of rotatable bonds is 2. The predicted molar refractivity (Wildman–Crippen MR) is 61.6 cm³/mol. The Labute approximate surface area is 88.9 Å². The molecule has 1 aromatic heterocycles. The van der Waals surface area contributed by atoms with Crippen molar-refractivity contribution >= 4 is 10.9 Å². The summed E-state index contributed by atoms with van der Waals surface area (Å²) >= 11 is 0. The van der Waals surface area contributed by atoms with Crippen molar-refractivity contribution in [2.75, 3.05) is 13.1 Å². The second-order valence-corrected chi connectivity index (χ2v) is 4.31. The second-order valence-electron chi connectivity index (χ2n) is 4.31. The molecule has 15 heavy (non-hydrogen) atoms. The van der Waals surface area contributed by atoms with Crippen LogP contribution in [-0.4, -0.2) is 29.0 Å². The van der Waals surface area contributed by atoms with E-state index in [1.807, 2.05) is 0 Å². The summed E-state index contributed by atoms with van der Waals surface area (Å²) < 4.78 is 0. The summed E-state index contributed by atoms with van der Waals surface area (Å²) in [5, 5.41) is 1.33. The highest BCUT2D eigenvalue weighted by molar-refractivity contribution is 5.82. The Morgan fingerprint density at radius 3 is 2.93 bits per heavy atom. The lowest BCUT2D eigenvalue weighted by Gasteiger charge is -2.36. The van der Waals surface area contributed by atoms with Gasteiger partial charge < -0.3 is 10.7 Å². The van der Waals surface area contributed by atoms with Gasteiger partial charge in [0.1, 0.15) is 0 Å². The molecule has 78 valence electrons. The molecule has 2 heterocycles. The quantitative estimate of drug-likeness (QED) is 0.769. The highest BCUT2D eigenvalue weighted by Crippen LogP contribution is 2.20. The molecule has 0 atom stereocenters. The number of para-hydroxylation sites is 1. The summed E-state index contributed by atoms with van der Waals surface area (Å²) in [6.45, 7) is 3.07. The number of nitrogens with two attached hydrogens (primary N) is 1. The third-order valence-electron chi connectivity index (χ3n) is 3.05. The van der Waals surface area contributed by atoms with E-state index in [4.69, 9.17) is 5.73 Å². The maximum absolute atomic E-state index is 5.76. The Balaban J connectivity index is 1.85. The van der Waals surface area contributed by atoms with E-state index >= 15 is 0 Å². The fourth-order valence-electron chi connectivity index (χ4n) is 2.24. The van der Waals surface area contributed by atoms with Gasteiger partial charge in [-0.25, -0.2) is 0 Å². The van der Waals surface area contributed by atoms with Crippen molar-refractivity contribution in [2.24, 2.45) is 5.73 Å². The number of aromatic nitrogens is 1. The molecule has 1 aliphatic heterocycles. The van der Waals surface area contributed by atoms with Crippen molar-refractivity contribution in [1.29, 1.82) is 0 Å². The van der Waals surface area contributed by atoms with Gasteiger partial charge >= 0.3 is 0 Å². The molecule has 0 saturated carbocycles. The summed E-state index contributed by atoms with van der Waals surface area (Å²) in [6.07, 6.45) is 2.11. The molecule has 0 amide bonds. The molecule has 2 aromatic rings. The van der Waals surface area contributed by atoms with Gasteiger partial charge in [-0.05, 0) is 11.6 Å². The molecule has 0 aliphatic carbocycles. The van der Waals surface area contributed by atoms with Gasteiger partial charge in [-0.2, -0.15) is 0 Å². The molecule has 3 N–H and O–H groups in total. The molecule has 3 nitrogen and oxygen atoms in total. The first-order valence-corrected chi connectivity index (χ1v) is 5.36. The minimum Gasteiger partial charge on any atom is -0.361 e. The molecule has 0 bridgehead atoms. The number of hydrogen-bond acceptors (Lipinski definition) is 2. The molecule has 0 spiro atoms. The lowest BCUT2D eigenvalue weighted by Crippen LogP contribution is -2.54. The third kappa shape index (κ3) is 1.54. The Morgan fingerprint density at radius 2 is 2.13 bits per heavy atom. The minimum absolute atomic E-state index is 0.384. The first kappa shape index (κ1) is 8.95. The zero-order chi connectivity index (χ0) is 10.3. The molecule has 0 radical (unpaired) electrons. The van der Waals surface area contributed by atoms with Crippen molar-refractivity contribution in [3.05, 3.63) is 36.0 Å². The number of likely N-dealkylation sites (tertiary alicyclic amines) is 1. The third-order valence-corrected chi connectivity index (χ3v) is 3.05. The molecule has 0 unspecified atom stereocenters. The summed E-state index contributed by atoms with van der Waals surface area (Å²) in [5.41, 5.74) is 8.35. The number of H-pyrrole nitrogens is 1. The van der Waals surface area contributed by atoms with Crippen LogP contribution in [0.15, 0.2) is 30.5 Å². The predicted octanol–water partition coefficient (Wildman–Crippen LogP) is 1.31. The Kier molecular flexibility index (Phi) is 2.01. The first-order valence-electron chi connectivity index (χ1n) is 5.36. The van der Waals surface area contributed by atoms with Crippen LogP contribution in [0.5, 0.6) is 0 Å². The number of fused-ring (bicyclic) bond motifs is 1. The van der Waals surface area contributed by atoms with E-state index in [0.717, 1.165) is 19.6 Å². The summed E-state index contributed by atoms with van der Waals surface area (Å²) in [7, 11) is 0. The Bertz CT molecular complexity index is 468. The smallest absolute Gasteiger partial charge is 0.0457 e. The summed E-state index contributed by atoms with van der Waals surface area (Å²) in [6, 6.07) is 8.81. The van der Waals surface area contributed by atoms with Gasteiger partial charge in [0, 0.05) is 42.8 Å². The molecular weight excluding hydrogens is 186 g/mol. The van der Waals surface area contributed by atoms with Crippen LogP contribution in [0, 0.1) is 0 Å². The SMILES string of the molecule is NC1CN(Cc2c[nH]c3ccccc23)C1. The molecule has 1 fully saturated rings. The van der Waals surface area contributed by atoms with Crippen LogP contribution in [0.1, 0.15) is 5.56 Å². The van der Waals surface area contributed by atoms with Crippen LogP contribution < -0.4 is 5.73 Å². The van der Waals surface area contributed by atoms with Gasteiger partial charge in [0.05, 0.1) is 0 Å². The van der Waals surface area contributed by atoms with E-state index < -0.39 is 0 Å². The van der Waals surface area contributed by atoms with Crippen LogP contribution >= 0.6 is 0 Å². The molecule has 3 heteroatoms. The minimum atomic E-state index is 0.384. The normalized spacial score (nSPS) is 18.2. The van der Waals surface area contributed by atoms with E-state index in [1.54, 1.807) is 0 Å². The van der Waals surface area contributed by atoms with Gasteiger partial charge in [0.25, 0.3) is 0 Å².